The first-order valence-corrected chi connectivity index (χ1v) is 7.04. The molecule has 1 N–H and O–H groups in total. The molecule has 1 aliphatic rings. The van der Waals surface area contributed by atoms with Crippen LogP contribution >= 0.6 is 11.3 Å². The van der Waals surface area contributed by atoms with Crippen molar-refractivity contribution in [3.8, 4) is 0 Å². The number of hydrogen-bond acceptors (Lipinski definition) is 4. The van der Waals surface area contributed by atoms with E-state index >= 15 is 0 Å². The number of amides is 2. The van der Waals surface area contributed by atoms with Gasteiger partial charge in [-0.1, -0.05) is 13.3 Å². The molecule has 1 saturated heterocycles. The van der Waals surface area contributed by atoms with Crippen LogP contribution in [0.5, 0.6) is 0 Å². The van der Waals surface area contributed by atoms with E-state index in [4.69, 9.17) is 0 Å². The van der Waals surface area contributed by atoms with Crippen LogP contribution in [0.1, 0.15) is 31.1 Å². The van der Waals surface area contributed by atoms with Crippen molar-refractivity contribution in [3.05, 3.63) is 16.6 Å². The second-order valence-corrected chi connectivity index (χ2v) is 5.36. The lowest BCUT2D eigenvalue weighted by Gasteiger charge is -2.23. The molecule has 0 saturated carbocycles. The summed E-state index contributed by atoms with van der Waals surface area (Å²) in [6.07, 6.45) is 3.73. The third-order valence-corrected chi connectivity index (χ3v) is 3.73. The summed E-state index contributed by atoms with van der Waals surface area (Å²) in [5.41, 5.74) is 1.75. The number of rotatable bonds is 4. The topological polar surface area (TPSA) is 62.3 Å². The van der Waals surface area contributed by atoms with Crippen LogP contribution < -0.4 is 5.32 Å². The molecule has 1 fully saturated rings. The van der Waals surface area contributed by atoms with E-state index in [1.807, 2.05) is 6.92 Å². The van der Waals surface area contributed by atoms with Crippen LogP contribution in [-0.4, -0.2) is 34.3 Å². The molecule has 2 rings (SSSR count). The van der Waals surface area contributed by atoms with Gasteiger partial charge in [-0.25, -0.2) is 0 Å². The quantitative estimate of drug-likeness (QED) is 0.890. The number of carbonyl (C=O) groups excluding carboxylic acids is 2. The molecule has 1 atom stereocenters. The molecule has 0 bridgehead atoms. The number of hydrogen-bond donors (Lipinski definition) is 1. The first-order valence-electron chi connectivity index (χ1n) is 6.16. The molecule has 0 aromatic carbocycles. The molecule has 1 aliphatic heterocycles. The summed E-state index contributed by atoms with van der Waals surface area (Å²) in [4.78, 5) is 30.7. The molecule has 1 aromatic heterocycles. The Morgan fingerprint density at radius 2 is 2.39 bits per heavy atom. The third-order valence-electron chi connectivity index (χ3n) is 2.96. The number of carbonyl (C=O) groups is 2. The number of aromatic nitrogens is 1. The Morgan fingerprint density at radius 1 is 1.56 bits per heavy atom. The highest BCUT2D eigenvalue weighted by Crippen LogP contribution is 2.14. The molecule has 0 radical (unpaired) electrons. The fourth-order valence-electron chi connectivity index (χ4n) is 2.04. The van der Waals surface area contributed by atoms with Crippen LogP contribution in [0, 0.1) is 0 Å². The van der Waals surface area contributed by atoms with Crippen LogP contribution in [0.25, 0.3) is 0 Å². The number of thiazole rings is 1. The molecule has 98 valence electrons. The van der Waals surface area contributed by atoms with E-state index in [1.165, 1.54) is 11.3 Å². The van der Waals surface area contributed by atoms with E-state index < -0.39 is 0 Å². The maximum absolute atomic E-state index is 12.3. The minimum absolute atomic E-state index is 0.0242. The van der Waals surface area contributed by atoms with Gasteiger partial charge in [-0.15, -0.1) is 11.3 Å². The SMILES string of the molecule is CCCC1NC(=O)CCN(Cc2cncs2)C1=O. The molecule has 1 aromatic rings. The lowest BCUT2D eigenvalue weighted by molar-refractivity contribution is -0.134. The summed E-state index contributed by atoms with van der Waals surface area (Å²) >= 11 is 1.53. The smallest absolute Gasteiger partial charge is 0.245 e. The Labute approximate surface area is 110 Å². The standard InChI is InChI=1S/C12H17N3O2S/c1-2-3-10-12(17)15(5-4-11(16)14-10)7-9-6-13-8-18-9/h6,8,10H,2-5,7H2,1H3,(H,14,16). The highest BCUT2D eigenvalue weighted by Gasteiger charge is 2.29. The summed E-state index contributed by atoms with van der Waals surface area (Å²) in [5.74, 6) is -0.00953. The van der Waals surface area contributed by atoms with Gasteiger partial charge in [-0.05, 0) is 6.42 Å². The average molecular weight is 267 g/mol. The minimum Gasteiger partial charge on any atom is -0.344 e. The van der Waals surface area contributed by atoms with E-state index in [-0.39, 0.29) is 17.9 Å². The monoisotopic (exact) mass is 267 g/mol. The lowest BCUT2D eigenvalue weighted by atomic mass is 10.1. The summed E-state index contributed by atoms with van der Waals surface area (Å²) in [6, 6.07) is -0.363. The average Bonchev–Trinajstić information content (AvgIpc) is 2.81. The predicted octanol–water partition coefficient (Wildman–Crippen LogP) is 1.16. The second kappa shape index (κ2) is 5.95. The van der Waals surface area contributed by atoms with Crippen molar-refractivity contribution in [1.82, 2.24) is 15.2 Å². The maximum atomic E-state index is 12.3. The first-order chi connectivity index (χ1) is 8.70. The van der Waals surface area contributed by atoms with Gasteiger partial charge in [0.2, 0.25) is 11.8 Å². The van der Waals surface area contributed by atoms with E-state index in [2.05, 4.69) is 10.3 Å². The zero-order valence-electron chi connectivity index (χ0n) is 10.4. The van der Waals surface area contributed by atoms with Crippen molar-refractivity contribution in [2.24, 2.45) is 0 Å². The molecule has 2 amide bonds. The molecule has 5 nitrogen and oxygen atoms in total. The van der Waals surface area contributed by atoms with Crippen LogP contribution in [-0.2, 0) is 16.1 Å². The highest BCUT2D eigenvalue weighted by molar-refractivity contribution is 7.09. The Bertz CT molecular complexity index is 419. The van der Waals surface area contributed by atoms with Gasteiger partial charge in [0.05, 0.1) is 12.1 Å². The molecular weight excluding hydrogens is 250 g/mol. The highest BCUT2D eigenvalue weighted by atomic mass is 32.1. The van der Waals surface area contributed by atoms with Gasteiger partial charge in [0.15, 0.2) is 0 Å². The number of nitrogens with one attached hydrogen (secondary N) is 1. The summed E-state index contributed by atoms with van der Waals surface area (Å²) in [7, 11) is 0. The molecular formula is C12H17N3O2S. The van der Waals surface area contributed by atoms with Crippen molar-refractivity contribution in [2.45, 2.75) is 38.8 Å². The molecule has 1 unspecified atom stereocenters. The largest absolute Gasteiger partial charge is 0.344 e. The van der Waals surface area contributed by atoms with Gasteiger partial charge in [0.1, 0.15) is 6.04 Å². The van der Waals surface area contributed by atoms with Gasteiger partial charge in [0.25, 0.3) is 0 Å². The Hall–Kier alpha value is -1.43. The van der Waals surface area contributed by atoms with Crippen molar-refractivity contribution in [2.75, 3.05) is 6.54 Å². The normalized spacial score (nSPS) is 20.7. The van der Waals surface area contributed by atoms with Crippen LogP contribution in [0.2, 0.25) is 0 Å². The lowest BCUT2D eigenvalue weighted by Crippen LogP contribution is -2.44. The van der Waals surface area contributed by atoms with Crippen molar-refractivity contribution in [3.63, 3.8) is 0 Å². The zero-order chi connectivity index (χ0) is 13.0. The summed E-state index contributed by atoms with van der Waals surface area (Å²) < 4.78 is 0. The van der Waals surface area contributed by atoms with E-state index in [0.717, 1.165) is 11.3 Å². The Kier molecular flexibility index (Phi) is 4.30. The number of nitrogens with zero attached hydrogens (tertiary/aromatic N) is 2. The van der Waals surface area contributed by atoms with Gasteiger partial charge in [-0.2, -0.15) is 0 Å². The van der Waals surface area contributed by atoms with E-state index in [0.29, 0.717) is 25.9 Å². The van der Waals surface area contributed by atoms with Gasteiger partial charge < -0.3 is 10.2 Å². The molecule has 6 heteroatoms. The third kappa shape index (κ3) is 3.07. The second-order valence-electron chi connectivity index (χ2n) is 4.39. The molecule has 0 aliphatic carbocycles. The van der Waals surface area contributed by atoms with Gasteiger partial charge in [0, 0.05) is 24.0 Å². The fourth-order valence-corrected chi connectivity index (χ4v) is 2.65. The predicted molar refractivity (Wildman–Crippen MR) is 69.0 cm³/mol. The van der Waals surface area contributed by atoms with Crippen molar-refractivity contribution in [1.29, 1.82) is 0 Å². The summed E-state index contributed by atoms with van der Waals surface area (Å²) in [6.45, 7) is 3.05. The van der Waals surface area contributed by atoms with Gasteiger partial charge >= 0.3 is 0 Å². The van der Waals surface area contributed by atoms with E-state index in [1.54, 1.807) is 16.6 Å². The molecule has 0 spiro atoms. The fraction of sp³-hybridized carbons (Fsp3) is 0.583. The molecule has 18 heavy (non-hydrogen) atoms. The van der Waals surface area contributed by atoms with Crippen LogP contribution in [0.4, 0.5) is 0 Å². The summed E-state index contributed by atoms with van der Waals surface area (Å²) in [5, 5.41) is 2.80. The Balaban J connectivity index is 2.08. The van der Waals surface area contributed by atoms with Crippen LogP contribution in [0.15, 0.2) is 11.7 Å². The zero-order valence-corrected chi connectivity index (χ0v) is 11.2. The van der Waals surface area contributed by atoms with Crippen molar-refractivity contribution < 1.29 is 9.59 Å². The Morgan fingerprint density at radius 3 is 3.06 bits per heavy atom. The maximum Gasteiger partial charge on any atom is 0.245 e. The minimum atomic E-state index is -0.363. The van der Waals surface area contributed by atoms with Crippen molar-refractivity contribution >= 4 is 23.2 Å². The van der Waals surface area contributed by atoms with Crippen LogP contribution in [0.3, 0.4) is 0 Å². The van der Waals surface area contributed by atoms with E-state index in [9.17, 15) is 9.59 Å². The first kappa shape index (κ1) is 13.0. The van der Waals surface area contributed by atoms with Gasteiger partial charge in [-0.3, -0.25) is 14.6 Å². The molecule has 2 heterocycles.